The largest absolute Gasteiger partial charge is 0.458 e. The summed E-state index contributed by atoms with van der Waals surface area (Å²) in [7, 11) is 0. The van der Waals surface area contributed by atoms with E-state index in [0.29, 0.717) is 6.42 Å². The molecule has 0 aromatic carbocycles. The summed E-state index contributed by atoms with van der Waals surface area (Å²) in [6.07, 6.45) is 3.09. The van der Waals surface area contributed by atoms with Crippen LogP contribution in [0.3, 0.4) is 0 Å². The van der Waals surface area contributed by atoms with Gasteiger partial charge in [-0.05, 0) is 33.1 Å². The van der Waals surface area contributed by atoms with Crippen LogP contribution in [0.25, 0.3) is 0 Å². The summed E-state index contributed by atoms with van der Waals surface area (Å²) >= 11 is 0. The molecule has 0 rings (SSSR count). The van der Waals surface area contributed by atoms with Gasteiger partial charge in [0.1, 0.15) is 11.6 Å². The van der Waals surface area contributed by atoms with Gasteiger partial charge in [-0.1, -0.05) is 33.6 Å². The van der Waals surface area contributed by atoms with Crippen LogP contribution in [0.4, 0.5) is 0 Å². The van der Waals surface area contributed by atoms with E-state index in [1.54, 1.807) is 0 Å². The van der Waals surface area contributed by atoms with E-state index in [-0.39, 0.29) is 17.8 Å². The number of hydrogen-bond acceptors (Lipinski definition) is 3. The second-order valence-electron chi connectivity index (χ2n) is 6.07. The smallest absolute Gasteiger partial charge is 0.329 e. The first-order valence-corrected chi connectivity index (χ1v) is 7.23. The monoisotopic (exact) mass is 271 g/mol. The van der Waals surface area contributed by atoms with Gasteiger partial charge in [0.15, 0.2) is 0 Å². The Bertz CT molecular complexity index is 294. The van der Waals surface area contributed by atoms with Crippen molar-refractivity contribution in [2.24, 2.45) is 5.92 Å². The quantitative estimate of drug-likeness (QED) is 0.724. The van der Waals surface area contributed by atoms with Gasteiger partial charge in [0.05, 0.1) is 0 Å². The highest BCUT2D eigenvalue weighted by molar-refractivity contribution is 5.84. The van der Waals surface area contributed by atoms with Crippen LogP contribution in [0, 0.1) is 5.92 Å². The van der Waals surface area contributed by atoms with Crippen molar-refractivity contribution < 1.29 is 14.3 Å². The molecule has 0 spiro atoms. The summed E-state index contributed by atoms with van der Waals surface area (Å²) in [5, 5.41) is 2.81. The molecule has 0 radical (unpaired) electrons. The fraction of sp³-hybridized carbons (Fsp3) is 0.867. The van der Waals surface area contributed by atoms with Crippen LogP contribution in [0.2, 0.25) is 0 Å². The Morgan fingerprint density at radius 1 is 1.21 bits per heavy atom. The van der Waals surface area contributed by atoms with Gasteiger partial charge in [-0.15, -0.1) is 0 Å². The molecule has 0 heterocycles. The van der Waals surface area contributed by atoms with Crippen molar-refractivity contribution in [3.63, 3.8) is 0 Å². The molecule has 0 aromatic rings. The molecule has 2 atom stereocenters. The van der Waals surface area contributed by atoms with E-state index in [1.807, 2.05) is 41.5 Å². The lowest BCUT2D eigenvalue weighted by molar-refractivity contribution is -0.160. The lowest BCUT2D eigenvalue weighted by atomic mass is 9.98. The van der Waals surface area contributed by atoms with Crippen molar-refractivity contribution >= 4 is 11.9 Å². The molecule has 0 saturated carbocycles. The maximum absolute atomic E-state index is 12.1. The predicted molar refractivity (Wildman–Crippen MR) is 76.8 cm³/mol. The van der Waals surface area contributed by atoms with Gasteiger partial charge in [-0.3, -0.25) is 4.79 Å². The highest BCUT2D eigenvalue weighted by Gasteiger charge is 2.30. The molecule has 0 aliphatic carbocycles. The Morgan fingerprint density at radius 3 is 2.21 bits per heavy atom. The van der Waals surface area contributed by atoms with Gasteiger partial charge >= 0.3 is 5.97 Å². The number of ether oxygens (including phenoxy) is 1. The number of rotatable bonds is 7. The topological polar surface area (TPSA) is 55.4 Å². The Hall–Kier alpha value is -1.06. The first-order chi connectivity index (χ1) is 8.71. The second-order valence-corrected chi connectivity index (χ2v) is 6.07. The summed E-state index contributed by atoms with van der Waals surface area (Å²) in [6, 6.07) is -0.548. The fourth-order valence-corrected chi connectivity index (χ4v) is 1.62. The number of esters is 1. The summed E-state index contributed by atoms with van der Waals surface area (Å²) < 4.78 is 5.37. The van der Waals surface area contributed by atoms with Crippen molar-refractivity contribution in [3.8, 4) is 0 Å². The SMILES string of the molecule is CCCCC(=O)N[C@H](C(=O)OC(C)(C)C)[C@@H](C)CC. The molecule has 0 aliphatic rings. The molecule has 4 heteroatoms. The first-order valence-electron chi connectivity index (χ1n) is 7.23. The third kappa shape index (κ3) is 7.85. The second kappa shape index (κ2) is 8.18. The van der Waals surface area contributed by atoms with Gasteiger partial charge in [0, 0.05) is 6.42 Å². The highest BCUT2D eigenvalue weighted by atomic mass is 16.6. The van der Waals surface area contributed by atoms with Crippen molar-refractivity contribution in [2.75, 3.05) is 0 Å². The van der Waals surface area contributed by atoms with Crippen molar-refractivity contribution in [3.05, 3.63) is 0 Å². The molecule has 19 heavy (non-hydrogen) atoms. The molecule has 1 N–H and O–H groups in total. The third-order valence-electron chi connectivity index (χ3n) is 2.95. The van der Waals surface area contributed by atoms with E-state index in [9.17, 15) is 9.59 Å². The van der Waals surface area contributed by atoms with Gasteiger partial charge in [-0.2, -0.15) is 0 Å². The Morgan fingerprint density at radius 2 is 1.79 bits per heavy atom. The summed E-state index contributed by atoms with van der Waals surface area (Å²) in [5.74, 6) is -0.342. The van der Waals surface area contributed by atoms with Crippen LogP contribution >= 0.6 is 0 Å². The lowest BCUT2D eigenvalue weighted by Crippen LogP contribution is -2.47. The normalized spacial score (nSPS) is 14.6. The summed E-state index contributed by atoms with van der Waals surface area (Å²) in [5.41, 5.74) is -0.531. The molecular weight excluding hydrogens is 242 g/mol. The zero-order chi connectivity index (χ0) is 15.1. The fourth-order valence-electron chi connectivity index (χ4n) is 1.62. The molecule has 0 fully saturated rings. The standard InChI is InChI=1S/C15H29NO3/c1-7-9-10-12(17)16-13(11(3)8-2)14(18)19-15(4,5)6/h11,13H,7-10H2,1-6H3,(H,16,17)/t11-,13-/m0/s1. The van der Waals surface area contributed by atoms with Crippen LogP contribution in [0.5, 0.6) is 0 Å². The first kappa shape index (κ1) is 17.9. The molecule has 112 valence electrons. The maximum atomic E-state index is 12.1. The van der Waals surface area contributed by atoms with E-state index < -0.39 is 11.6 Å². The average Bonchev–Trinajstić information content (AvgIpc) is 2.30. The number of hydrogen-bond donors (Lipinski definition) is 1. The third-order valence-corrected chi connectivity index (χ3v) is 2.95. The Balaban J connectivity index is 4.63. The van der Waals surface area contributed by atoms with Crippen LogP contribution in [0.15, 0.2) is 0 Å². The van der Waals surface area contributed by atoms with E-state index in [4.69, 9.17) is 4.74 Å². The molecular formula is C15H29NO3. The number of amides is 1. The minimum atomic E-state index is -0.548. The van der Waals surface area contributed by atoms with E-state index in [0.717, 1.165) is 19.3 Å². The zero-order valence-corrected chi connectivity index (χ0v) is 13.2. The molecule has 0 bridgehead atoms. The van der Waals surface area contributed by atoms with Crippen LogP contribution < -0.4 is 5.32 Å². The van der Waals surface area contributed by atoms with Crippen molar-refractivity contribution in [1.29, 1.82) is 0 Å². The minimum Gasteiger partial charge on any atom is -0.458 e. The molecule has 0 unspecified atom stereocenters. The van der Waals surface area contributed by atoms with Crippen molar-refractivity contribution in [2.45, 2.75) is 78.9 Å². The molecule has 0 aliphatic heterocycles. The molecule has 0 aromatic heterocycles. The van der Waals surface area contributed by atoms with Gasteiger partial charge < -0.3 is 10.1 Å². The number of nitrogens with one attached hydrogen (secondary N) is 1. The maximum Gasteiger partial charge on any atom is 0.329 e. The van der Waals surface area contributed by atoms with Gasteiger partial charge in [0.25, 0.3) is 0 Å². The van der Waals surface area contributed by atoms with E-state index in [1.165, 1.54) is 0 Å². The van der Waals surface area contributed by atoms with Gasteiger partial charge in [-0.25, -0.2) is 4.79 Å². The minimum absolute atomic E-state index is 0.0698. The summed E-state index contributed by atoms with van der Waals surface area (Å²) in [6.45, 7) is 11.5. The predicted octanol–water partition coefficient (Wildman–Crippen LogP) is 3.05. The molecule has 1 amide bonds. The molecule has 4 nitrogen and oxygen atoms in total. The Kier molecular flexibility index (Phi) is 7.72. The van der Waals surface area contributed by atoms with E-state index >= 15 is 0 Å². The van der Waals surface area contributed by atoms with Crippen LogP contribution in [0.1, 0.15) is 67.2 Å². The van der Waals surface area contributed by atoms with Crippen molar-refractivity contribution in [1.82, 2.24) is 5.32 Å². The number of carbonyl (C=O) groups is 2. The van der Waals surface area contributed by atoms with E-state index in [2.05, 4.69) is 5.32 Å². The molecule has 0 saturated heterocycles. The average molecular weight is 271 g/mol. The van der Waals surface area contributed by atoms with Crippen LogP contribution in [-0.2, 0) is 14.3 Å². The van der Waals surface area contributed by atoms with Crippen LogP contribution in [-0.4, -0.2) is 23.5 Å². The number of unbranched alkanes of at least 4 members (excludes halogenated alkanes) is 1. The highest BCUT2D eigenvalue weighted by Crippen LogP contribution is 2.15. The zero-order valence-electron chi connectivity index (χ0n) is 13.2. The number of carbonyl (C=O) groups excluding carboxylic acids is 2. The lowest BCUT2D eigenvalue weighted by Gasteiger charge is -2.27. The Labute approximate surface area is 117 Å². The summed E-state index contributed by atoms with van der Waals surface area (Å²) in [4.78, 5) is 23.9. The van der Waals surface area contributed by atoms with Gasteiger partial charge in [0.2, 0.25) is 5.91 Å².